The fourth-order valence-corrected chi connectivity index (χ4v) is 3.56. The van der Waals surface area contributed by atoms with Gasteiger partial charge in [-0.25, -0.2) is 0 Å². The summed E-state index contributed by atoms with van der Waals surface area (Å²) in [6.07, 6.45) is 5.81. The lowest BCUT2D eigenvalue weighted by Crippen LogP contribution is -2.43. The van der Waals surface area contributed by atoms with Crippen molar-refractivity contribution in [1.82, 2.24) is 10.2 Å². The van der Waals surface area contributed by atoms with Crippen LogP contribution in [0.1, 0.15) is 37.7 Å². The van der Waals surface area contributed by atoms with Crippen LogP contribution in [0.2, 0.25) is 0 Å². The molecule has 2 N–H and O–H groups in total. The second-order valence-corrected chi connectivity index (χ2v) is 6.77. The Kier molecular flexibility index (Phi) is 5.28. The highest BCUT2D eigenvalue weighted by molar-refractivity contribution is 5.14. The minimum atomic E-state index is -0.00350. The SMILES string of the molecule is OC1CC(CCNC2CCN(Cc3ccccc3)CC2)C1. The third-order valence-electron chi connectivity index (χ3n) is 5.03. The number of benzene rings is 1. The molecule has 1 aromatic rings. The number of aliphatic hydroxyl groups excluding tert-OH is 1. The van der Waals surface area contributed by atoms with Gasteiger partial charge in [0.15, 0.2) is 0 Å². The zero-order chi connectivity index (χ0) is 14.5. The Morgan fingerprint density at radius 1 is 1.10 bits per heavy atom. The van der Waals surface area contributed by atoms with E-state index < -0.39 is 0 Å². The Labute approximate surface area is 128 Å². The molecule has 2 fully saturated rings. The van der Waals surface area contributed by atoms with E-state index in [9.17, 15) is 5.11 Å². The standard InChI is InChI=1S/C18H28N2O/c21-18-12-16(13-18)6-9-19-17-7-10-20(11-8-17)14-15-4-2-1-3-5-15/h1-5,16-19,21H,6-14H2. The molecular weight excluding hydrogens is 260 g/mol. The first-order chi connectivity index (χ1) is 10.3. The summed E-state index contributed by atoms with van der Waals surface area (Å²) < 4.78 is 0. The van der Waals surface area contributed by atoms with Gasteiger partial charge in [-0.1, -0.05) is 30.3 Å². The second kappa shape index (κ2) is 7.39. The quantitative estimate of drug-likeness (QED) is 0.844. The summed E-state index contributed by atoms with van der Waals surface area (Å²) in [6, 6.07) is 11.5. The van der Waals surface area contributed by atoms with E-state index in [-0.39, 0.29) is 6.10 Å². The first-order valence-corrected chi connectivity index (χ1v) is 8.47. The summed E-state index contributed by atoms with van der Waals surface area (Å²) >= 11 is 0. The molecule has 3 rings (SSSR count). The molecule has 0 bridgehead atoms. The molecule has 0 aromatic heterocycles. The monoisotopic (exact) mass is 288 g/mol. The van der Waals surface area contributed by atoms with Gasteiger partial charge in [-0.15, -0.1) is 0 Å². The molecule has 0 radical (unpaired) electrons. The lowest BCUT2D eigenvalue weighted by atomic mass is 9.80. The van der Waals surface area contributed by atoms with E-state index in [1.807, 2.05) is 0 Å². The predicted molar refractivity (Wildman–Crippen MR) is 86.1 cm³/mol. The van der Waals surface area contributed by atoms with Gasteiger partial charge < -0.3 is 10.4 Å². The topological polar surface area (TPSA) is 35.5 Å². The van der Waals surface area contributed by atoms with Crippen molar-refractivity contribution in [3.63, 3.8) is 0 Å². The minimum absolute atomic E-state index is 0.00350. The van der Waals surface area contributed by atoms with Gasteiger partial charge in [0.1, 0.15) is 0 Å². The zero-order valence-electron chi connectivity index (χ0n) is 12.9. The fourth-order valence-electron chi connectivity index (χ4n) is 3.56. The Hall–Kier alpha value is -0.900. The van der Waals surface area contributed by atoms with E-state index in [1.165, 1.54) is 37.9 Å². The van der Waals surface area contributed by atoms with Crippen LogP contribution < -0.4 is 5.32 Å². The van der Waals surface area contributed by atoms with Crippen molar-refractivity contribution in [2.24, 2.45) is 5.92 Å². The van der Waals surface area contributed by atoms with Crippen LogP contribution in [0.3, 0.4) is 0 Å². The van der Waals surface area contributed by atoms with Gasteiger partial charge in [-0.3, -0.25) is 4.90 Å². The van der Waals surface area contributed by atoms with E-state index >= 15 is 0 Å². The van der Waals surface area contributed by atoms with Gasteiger partial charge in [0.25, 0.3) is 0 Å². The second-order valence-electron chi connectivity index (χ2n) is 6.77. The first kappa shape index (κ1) is 15.0. The molecular formula is C18H28N2O. The number of likely N-dealkylation sites (tertiary alicyclic amines) is 1. The Morgan fingerprint density at radius 3 is 2.48 bits per heavy atom. The van der Waals surface area contributed by atoms with Crippen LogP contribution in [0.4, 0.5) is 0 Å². The lowest BCUT2D eigenvalue weighted by molar-refractivity contribution is 0.0387. The van der Waals surface area contributed by atoms with E-state index in [2.05, 4.69) is 40.5 Å². The molecule has 0 atom stereocenters. The number of hydrogen-bond donors (Lipinski definition) is 2. The maximum atomic E-state index is 9.29. The summed E-state index contributed by atoms with van der Waals surface area (Å²) in [6.45, 7) is 4.62. The van der Waals surface area contributed by atoms with Crippen molar-refractivity contribution in [2.75, 3.05) is 19.6 Å². The molecule has 1 saturated carbocycles. The number of aliphatic hydroxyl groups is 1. The van der Waals surface area contributed by atoms with Crippen molar-refractivity contribution < 1.29 is 5.11 Å². The van der Waals surface area contributed by atoms with Crippen molar-refractivity contribution in [3.05, 3.63) is 35.9 Å². The van der Waals surface area contributed by atoms with Gasteiger partial charge in [0.2, 0.25) is 0 Å². The van der Waals surface area contributed by atoms with Crippen molar-refractivity contribution in [2.45, 2.75) is 50.8 Å². The Bertz CT molecular complexity index is 408. The molecule has 1 aromatic carbocycles. The van der Waals surface area contributed by atoms with Crippen LogP contribution in [0, 0.1) is 5.92 Å². The van der Waals surface area contributed by atoms with Crippen LogP contribution in [0.25, 0.3) is 0 Å². The maximum Gasteiger partial charge on any atom is 0.0545 e. The van der Waals surface area contributed by atoms with Gasteiger partial charge >= 0.3 is 0 Å². The molecule has 1 aliphatic carbocycles. The summed E-state index contributed by atoms with van der Waals surface area (Å²) in [5.41, 5.74) is 1.42. The van der Waals surface area contributed by atoms with Gasteiger partial charge in [-0.05, 0) is 63.2 Å². The molecule has 0 unspecified atom stereocenters. The van der Waals surface area contributed by atoms with Crippen LogP contribution in [0.15, 0.2) is 30.3 Å². The number of rotatable bonds is 6. The molecule has 1 aliphatic heterocycles. The summed E-state index contributed by atoms with van der Waals surface area (Å²) in [5, 5.41) is 13.0. The summed E-state index contributed by atoms with van der Waals surface area (Å²) in [7, 11) is 0. The predicted octanol–water partition coefficient (Wildman–Crippen LogP) is 2.40. The van der Waals surface area contributed by atoms with Crippen molar-refractivity contribution in [3.8, 4) is 0 Å². The van der Waals surface area contributed by atoms with Crippen LogP contribution in [0.5, 0.6) is 0 Å². The maximum absolute atomic E-state index is 9.29. The molecule has 2 aliphatic rings. The lowest BCUT2D eigenvalue weighted by Gasteiger charge is -2.34. The third-order valence-corrected chi connectivity index (χ3v) is 5.03. The van der Waals surface area contributed by atoms with Gasteiger partial charge in [-0.2, -0.15) is 0 Å². The number of nitrogens with zero attached hydrogens (tertiary/aromatic N) is 1. The fraction of sp³-hybridized carbons (Fsp3) is 0.667. The molecule has 0 amide bonds. The summed E-state index contributed by atoms with van der Waals surface area (Å²) in [4.78, 5) is 2.57. The Morgan fingerprint density at radius 2 is 1.81 bits per heavy atom. The van der Waals surface area contributed by atoms with Crippen molar-refractivity contribution >= 4 is 0 Å². The number of piperidine rings is 1. The highest BCUT2D eigenvalue weighted by Gasteiger charge is 2.26. The van der Waals surface area contributed by atoms with Gasteiger partial charge in [0, 0.05) is 12.6 Å². The molecule has 3 heteroatoms. The molecule has 21 heavy (non-hydrogen) atoms. The highest BCUT2D eigenvalue weighted by atomic mass is 16.3. The van der Waals surface area contributed by atoms with E-state index in [0.717, 1.165) is 31.8 Å². The minimum Gasteiger partial charge on any atom is -0.393 e. The smallest absolute Gasteiger partial charge is 0.0545 e. The normalized spacial score (nSPS) is 27.5. The number of nitrogens with one attached hydrogen (secondary N) is 1. The molecule has 1 heterocycles. The van der Waals surface area contributed by atoms with Crippen LogP contribution >= 0.6 is 0 Å². The van der Waals surface area contributed by atoms with Crippen LogP contribution in [-0.2, 0) is 6.54 Å². The van der Waals surface area contributed by atoms with Gasteiger partial charge in [0.05, 0.1) is 6.10 Å². The van der Waals surface area contributed by atoms with E-state index in [1.54, 1.807) is 0 Å². The van der Waals surface area contributed by atoms with Crippen LogP contribution in [-0.4, -0.2) is 41.8 Å². The Balaban J connectivity index is 1.30. The average molecular weight is 288 g/mol. The number of hydrogen-bond acceptors (Lipinski definition) is 3. The molecule has 3 nitrogen and oxygen atoms in total. The van der Waals surface area contributed by atoms with E-state index in [0.29, 0.717) is 6.04 Å². The summed E-state index contributed by atoms with van der Waals surface area (Å²) in [5.74, 6) is 0.769. The average Bonchev–Trinajstić information content (AvgIpc) is 2.48. The highest BCUT2D eigenvalue weighted by Crippen LogP contribution is 2.29. The zero-order valence-corrected chi connectivity index (χ0v) is 12.9. The third kappa shape index (κ3) is 4.53. The molecule has 0 spiro atoms. The first-order valence-electron chi connectivity index (χ1n) is 8.47. The molecule has 1 saturated heterocycles. The largest absolute Gasteiger partial charge is 0.393 e. The molecule has 116 valence electrons. The van der Waals surface area contributed by atoms with Crippen molar-refractivity contribution in [1.29, 1.82) is 0 Å². The van der Waals surface area contributed by atoms with E-state index in [4.69, 9.17) is 0 Å².